The van der Waals surface area contributed by atoms with Crippen molar-refractivity contribution in [1.29, 1.82) is 0 Å². The highest BCUT2D eigenvalue weighted by Crippen LogP contribution is 2.45. The van der Waals surface area contributed by atoms with E-state index in [1.165, 1.54) is 32.6 Å². The van der Waals surface area contributed by atoms with Gasteiger partial charge in [0.05, 0.1) is 49.7 Å². The van der Waals surface area contributed by atoms with E-state index in [-0.39, 0.29) is 0 Å². The zero-order valence-corrected chi connectivity index (χ0v) is 40.8. The number of benzene rings is 11. The van der Waals surface area contributed by atoms with Crippen molar-refractivity contribution < 1.29 is 4.42 Å². The van der Waals surface area contributed by atoms with Crippen molar-refractivity contribution >= 4 is 87.4 Å². The summed E-state index contributed by atoms with van der Waals surface area (Å²) in [6.45, 7) is 0. The predicted molar refractivity (Wildman–Crippen MR) is 312 cm³/mol. The Balaban J connectivity index is 0.975. The second-order valence-electron chi connectivity index (χ2n) is 19.5. The first-order valence-electron chi connectivity index (χ1n) is 25.7. The molecule has 0 bridgehead atoms. The van der Waals surface area contributed by atoms with Crippen LogP contribution in [0.15, 0.2) is 259 Å². The number of hydrogen-bond donors (Lipinski definition) is 0. The summed E-state index contributed by atoms with van der Waals surface area (Å²) in [7, 11) is 0. The van der Waals surface area contributed by atoms with Gasteiger partial charge in [-0.1, -0.05) is 176 Å². The lowest BCUT2D eigenvalue weighted by atomic mass is 10.0. The van der Waals surface area contributed by atoms with Gasteiger partial charge in [0.1, 0.15) is 11.2 Å². The first kappa shape index (κ1) is 42.2. The SMILES string of the molecule is c1ccc(-c2ccc(-c3nc(-c4ccccc4)nc(-c4ccc(-n5c6ccc(-n7c8ccccc8c8ccccc87)cc6c6cc7c(cc65)c5ccccc5n7-c5ccccc5)c5c4oc4ccccc45)n3)cc2)cc1. The summed E-state index contributed by atoms with van der Waals surface area (Å²) in [5.74, 6) is 1.69. The quantitative estimate of drug-likeness (QED) is 0.160. The molecule has 0 aliphatic heterocycles. The monoisotopic (exact) mass is 970 g/mol. The van der Waals surface area contributed by atoms with Crippen LogP contribution in [0.4, 0.5) is 0 Å². The van der Waals surface area contributed by atoms with Gasteiger partial charge in [0.15, 0.2) is 17.5 Å². The minimum absolute atomic E-state index is 0.528. The van der Waals surface area contributed by atoms with Gasteiger partial charge in [0.2, 0.25) is 0 Å². The van der Waals surface area contributed by atoms with Crippen LogP contribution in [0, 0.1) is 0 Å². The molecule has 5 heterocycles. The largest absolute Gasteiger partial charge is 0.455 e. The molecule has 354 valence electrons. The van der Waals surface area contributed by atoms with Crippen LogP contribution in [0.2, 0.25) is 0 Å². The highest BCUT2D eigenvalue weighted by molar-refractivity contribution is 6.21. The van der Waals surface area contributed by atoms with Crippen molar-refractivity contribution in [2.75, 3.05) is 0 Å². The van der Waals surface area contributed by atoms with Crippen LogP contribution in [0.25, 0.3) is 150 Å². The summed E-state index contributed by atoms with van der Waals surface area (Å²) in [6, 6.07) is 90.4. The van der Waals surface area contributed by atoms with Crippen LogP contribution < -0.4 is 0 Å². The molecule has 0 aliphatic rings. The van der Waals surface area contributed by atoms with Gasteiger partial charge in [-0.15, -0.1) is 0 Å². The summed E-state index contributed by atoms with van der Waals surface area (Å²) in [5.41, 5.74) is 16.3. The predicted octanol–water partition coefficient (Wildman–Crippen LogP) is 17.7. The van der Waals surface area contributed by atoms with Crippen LogP contribution in [-0.4, -0.2) is 28.7 Å². The summed E-state index contributed by atoms with van der Waals surface area (Å²) >= 11 is 0. The molecule has 0 saturated carbocycles. The smallest absolute Gasteiger partial charge is 0.167 e. The summed E-state index contributed by atoms with van der Waals surface area (Å²) in [5, 5.41) is 9.07. The topological polar surface area (TPSA) is 66.6 Å². The molecule has 0 radical (unpaired) electrons. The number of para-hydroxylation sites is 5. The molecule has 11 aromatic carbocycles. The number of rotatable bonds is 7. The Morgan fingerprint density at radius 2 is 0.724 bits per heavy atom. The lowest BCUT2D eigenvalue weighted by Crippen LogP contribution is -2.01. The number of fused-ring (bicyclic) bond motifs is 12. The van der Waals surface area contributed by atoms with Gasteiger partial charge < -0.3 is 18.1 Å². The highest BCUT2D eigenvalue weighted by atomic mass is 16.3. The maximum Gasteiger partial charge on any atom is 0.167 e. The Kier molecular flexibility index (Phi) is 9.20. The van der Waals surface area contributed by atoms with Crippen LogP contribution in [-0.2, 0) is 0 Å². The average molecular weight is 971 g/mol. The third kappa shape index (κ3) is 6.39. The highest BCUT2D eigenvalue weighted by Gasteiger charge is 2.25. The fourth-order valence-electron chi connectivity index (χ4n) is 11.9. The van der Waals surface area contributed by atoms with Crippen molar-refractivity contribution in [3.05, 3.63) is 255 Å². The minimum atomic E-state index is 0.528. The van der Waals surface area contributed by atoms with Gasteiger partial charge in [-0.25, -0.2) is 15.0 Å². The molecule has 0 fully saturated rings. The molecule has 7 heteroatoms. The lowest BCUT2D eigenvalue weighted by molar-refractivity contribution is 0.669. The molecule has 0 amide bonds. The second kappa shape index (κ2) is 16.6. The number of aromatic nitrogens is 6. The molecule has 0 atom stereocenters. The number of furan rings is 1. The third-order valence-corrected chi connectivity index (χ3v) is 15.3. The van der Waals surface area contributed by atoms with Gasteiger partial charge >= 0.3 is 0 Å². The molecule has 16 aromatic rings. The van der Waals surface area contributed by atoms with E-state index in [2.05, 4.69) is 226 Å². The van der Waals surface area contributed by atoms with Crippen LogP contribution in [0.5, 0.6) is 0 Å². The van der Waals surface area contributed by atoms with E-state index in [9.17, 15) is 0 Å². The minimum Gasteiger partial charge on any atom is -0.455 e. The van der Waals surface area contributed by atoms with Crippen LogP contribution in [0.3, 0.4) is 0 Å². The summed E-state index contributed by atoms with van der Waals surface area (Å²) < 4.78 is 14.3. The van der Waals surface area contributed by atoms with E-state index in [1.54, 1.807) is 0 Å². The molecule has 7 nitrogen and oxygen atoms in total. The fraction of sp³-hybridized carbons (Fsp3) is 0. The molecule has 16 rings (SSSR count). The van der Waals surface area contributed by atoms with E-state index in [4.69, 9.17) is 19.4 Å². The van der Waals surface area contributed by atoms with E-state index in [0.717, 1.165) is 94.1 Å². The van der Waals surface area contributed by atoms with E-state index in [0.29, 0.717) is 23.1 Å². The molecule has 0 saturated heterocycles. The van der Waals surface area contributed by atoms with Crippen molar-refractivity contribution in [3.63, 3.8) is 0 Å². The average Bonchev–Trinajstić information content (AvgIpc) is 4.31. The van der Waals surface area contributed by atoms with E-state index in [1.807, 2.05) is 42.5 Å². The Labute approximate surface area is 435 Å². The maximum absolute atomic E-state index is 7.07. The second-order valence-corrected chi connectivity index (χ2v) is 19.5. The molecular formula is C69H42N6O. The fourth-order valence-corrected chi connectivity index (χ4v) is 11.9. The molecule has 0 unspecified atom stereocenters. The van der Waals surface area contributed by atoms with Crippen molar-refractivity contribution in [2.45, 2.75) is 0 Å². The zero-order valence-electron chi connectivity index (χ0n) is 40.8. The van der Waals surface area contributed by atoms with Crippen molar-refractivity contribution in [2.24, 2.45) is 0 Å². The van der Waals surface area contributed by atoms with Crippen molar-refractivity contribution in [1.82, 2.24) is 28.7 Å². The molecular weight excluding hydrogens is 929 g/mol. The molecule has 0 aliphatic carbocycles. The number of hydrogen-bond acceptors (Lipinski definition) is 4. The van der Waals surface area contributed by atoms with Crippen molar-refractivity contribution in [3.8, 4) is 62.4 Å². The molecule has 0 N–H and O–H groups in total. The summed E-state index contributed by atoms with van der Waals surface area (Å²) in [6.07, 6.45) is 0. The molecule has 0 spiro atoms. The standard InChI is InChI=1S/C69H42N6O/c1-4-18-43(19-5-1)44-32-34-46(35-33-44)68-70-67(45-20-6-2-7-21-45)71-69(72-68)53-37-39-61(65-52-27-13-17-31-64(52)76-66(53)65)75-60-38-36-48(74-57-28-14-10-24-49(57)50-25-11-15-29-58(50)74)40-54(60)56-42-62-55(41-63(56)75)51-26-12-16-30-59(51)73(62)47-22-8-3-9-23-47/h1-42H. The Morgan fingerprint density at radius 3 is 1.38 bits per heavy atom. The van der Waals surface area contributed by atoms with Crippen LogP contribution >= 0.6 is 0 Å². The zero-order chi connectivity index (χ0) is 49.8. The van der Waals surface area contributed by atoms with Gasteiger partial charge in [-0.05, 0) is 90.0 Å². The molecule has 5 aromatic heterocycles. The van der Waals surface area contributed by atoms with Crippen LogP contribution in [0.1, 0.15) is 0 Å². The Morgan fingerprint density at radius 1 is 0.276 bits per heavy atom. The van der Waals surface area contributed by atoms with Gasteiger partial charge in [0, 0.05) is 60.2 Å². The van der Waals surface area contributed by atoms with Gasteiger partial charge in [-0.2, -0.15) is 0 Å². The summed E-state index contributed by atoms with van der Waals surface area (Å²) in [4.78, 5) is 15.7. The first-order valence-corrected chi connectivity index (χ1v) is 25.7. The van der Waals surface area contributed by atoms with E-state index >= 15 is 0 Å². The van der Waals surface area contributed by atoms with Gasteiger partial charge in [-0.3, -0.25) is 0 Å². The molecule has 76 heavy (non-hydrogen) atoms. The maximum atomic E-state index is 7.07. The number of nitrogens with zero attached hydrogens (tertiary/aromatic N) is 6. The Hall–Kier alpha value is -10.4. The first-order chi connectivity index (χ1) is 37.7. The Bertz CT molecular complexity index is 4920. The normalized spacial score (nSPS) is 11.9. The van der Waals surface area contributed by atoms with E-state index < -0.39 is 0 Å². The lowest BCUT2D eigenvalue weighted by Gasteiger charge is -2.13. The van der Waals surface area contributed by atoms with Gasteiger partial charge in [0.25, 0.3) is 0 Å². The third-order valence-electron chi connectivity index (χ3n) is 15.3.